The zero-order valence-electron chi connectivity index (χ0n) is 18.2. The molecule has 1 atom stereocenters. The Labute approximate surface area is 198 Å². The number of pyridine rings is 1. The lowest BCUT2D eigenvalue weighted by atomic mass is 9.94. The number of hydrogen-bond donors (Lipinski definition) is 1. The smallest absolute Gasteiger partial charge is 0.355 e. The van der Waals surface area contributed by atoms with E-state index in [4.69, 9.17) is 11.6 Å². The predicted octanol–water partition coefficient (Wildman–Crippen LogP) is 4.75. The van der Waals surface area contributed by atoms with Gasteiger partial charge < -0.3 is 14.8 Å². The molecular weight excluding hydrogens is 474 g/mol. The molecule has 11 heteroatoms. The molecule has 180 valence electrons. The topological polar surface area (TPSA) is 63.1 Å². The van der Waals surface area contributed by atoms with Crippen LogP contribution in [0.4, 0.5) is 23.4 Å². The molecule has 1 aliphatic rings. The molecule has 1 unspecified atom stereocenters. The van der Waals surface area contributed by atoms with Gasteiger partial charge in [-0.05, 0) is 36.6 Å². The van der Waals surface area contributed by atoms with Crippen LogP contribution in [0.3, 0.4) is 0 Å². The molecule has 0 saturated carbocycles. The Bertz CT molecular complexity index is 1170. The molecule has 0 radical (unpaired) electrons. The van der Waals surface area contributed by atoms with Crippen LogP contribution in [0.25, 0.3) is 0 Å². The number of rotatable bonds is 5. The first kappa shape index (κ1) is 24.0. The molecule has 0 bridgehead atoms. The van der Waals surface area contributed by atoms with Crippen molar-refractivity contribution in [2.24, 2.45) is 13.0 Å². The van der Waals surface area contributed by atoms with Crippen molar-refractivity contribution < 1.29 is 22.4 Å². The lowest BCUT2D eigenvalue weighted by Crippen LogP contribution is -2.42. The van der Waals surface area contributed by atoms with Crippen molar-refractivity contribution in [2.75, 3.05) is 18.0 Å². The average molecular weight is 496 g/mol. The van der Waals surface area contributed by atoms with Crippen LogP contribution in [-0.2, 0) is 18.0 Å². The second-order valence-corrected chi connectivity index (χ2v) is 8.59. The molecule has 3 heterocycles. The number of piperidine rings is 1. The van der Waals surface area contributed by atoms with Gasteiger partial charge in [-0.1, -0.05) is 23.7 Å². The van der Waals surface area contributed by atoms with E-state index in [1.165, 1.54) is 12.1 Å². The summed E-state index contributed by atoms with van der Waals surface area (Å²) in [7, 11) is 1.79. The highest BCUT2D eigenvalue weighted by molar-refractivity contribution is 6.33. The summed E-state index contributed by atoms with van der Waals surface area (Å²) < 4.78 is 54.2. The second kappa shape index (κ2) is 9.61. The molecule has 1 saturated heterocycles. The first-order valence-electron chi connectivity index (χ1n) is 10.6. The quantitative estimate of drug-likeness (QED) is 0.519. The first-order chi connectivity index (χ1) is 16.1. The number of aromatic nitrogens is 3. The molecule has 2 aromatic heterocycles. The Hall–Kier alpha value is -3.14. The SMILES string of the molecule is Cn1ccnc1C(NC(=O)C1CCN(c2ncc(C(F)(F)F)cc2Cl)CC1)c1cccc(F)c1. The van der Waals surface area contributed by atoms with Gasteiger partial charge in [0, 0.05) is 44.6 Å². The highest BCUT2D eigenvalue weighted by atomic mass is 35.5. The Morgan fingerprint density at radius 1 is 1.21 bits per heavy atom. The van der Waals surface area contributed by atoms with E-state index in [1.54, 1.807) is 41.0 Å². The van der Waals surface area contributed by atoms with Crippen molar-refractivity contribution in [1.82, 2.24) is 19.9 Å². The summed E-state index contributed by atoms with van der Waals surface area (Å²) in [5.41, 5.74) is -0.339. The zero-order valence-corrected chi connectivity index (χ0v) is 18.9. The van der Waals surface area contributed by atoms with Gasteiger partial charge in [0.2, 0.25) is 5.91 Å². The highest BCUT2D eigenvalue weighted by Crippen LogP contribution is 2.35. The van der Waals surface area contributed by atoms with Gasteiger partial charge in [-0.2, -0.15) is 13.2 Å². The summed E-state index contributed by atoms with van der Waals surface area (Å²) in [6, 6.07) is 6.22. The van der Waals surface area contributed by atoms with Gasteiger partial charge in [-0.15, -0.1) is 0 Å². The van der Waals surface area contributed by atoms with Gasteiger partial charge in [0.05, 0.1) is 10.6 Å². The lowest BCUT2D eigenvalue weighted by Gasteiger charge is -2.33. The van der Waals surface area contributed by atoms with Crippen LogP contribution in [0.1, 0.15) is 35.8 Å². The lowest BCUT2D eigenvalue weighted by molar-refractivity contribution is -0.137. The maximum absolute atomic E-state index is 13.9. The minimum Gasteiger partial charge on any atom is -0.355 e. The summed E-state index contributed by atoms with van der Waals surface area (Å²) in [5, 5.41) is 2.90. The number of nitrogens with one attached hydrogen (secondary N) is 1. The minimum atomic E-state index is -4.52. The van der Waals surface area contributed by atoms with Crippen LogP contribution in [0.15, 0.2) is 48.9 Å². The van der Waals surface area contributed by atoms with Gasteiger partial charge in [0.15, 0.2) is 0 Å². The van der Waals surface area contributed by atoms with E-state index in [-0.39, 0.29) is 22.7 Å². The highest BCUT2D eigenvalue weighted by Gasteiger charge is 2.33. The zero-order chi connectivity index (χ0) is 24.5. The second-order valence-electron chi connectivity index (χ2n) is 8.18. The van der Waals surface area contributed by atoms with Gasteiger partial charge >= 0.3 is 6.18 Å². The predicted molar refractivity (Wildman–Crippen MR) is 119 cm³/mol. The number of alkyl halides is 3. The fourth-order valence-electron chi connectivity index (χ4n) is 4.07. The monoisotopic (exact) mass is 495 g/mol. The number of amides is 1. The molecule has 3 aromatic rings. The summed E-state index contributed by atoms with van der Waals surface area (Å²) in [4.78, 5) is 23.1. The fraction of sp³-hybridized carbons (Fsp3) is 0.348. The Morgan fingerprint density at radius 2 is 1.94 bits per heavy atom. The van der Waals surface area contributed by atoms with Gasteiger partial charge in [-0.25, -0.2) is 14.4 Å². The maximum atomic E-state index is 13.9. The van der Waals surface area contributed by atoms with Crippen LogP contribution < -0.4 is 10.2 Å². The number of carbonyl (C=O) groups excluding carboxylic acids is 1. The van der Waals surface area contributed by atoms with Crippen LogP contribution in [0.2, 0.25) is 5.02 Å². The van der Waals surface area contributed by atoms with Crippen molar-refractivity contribution in [2.45, 2.75) is 25.1 Å². The van der Waals surface area contributed by atoms with Crippen molar-refractivity contribution in [3.8, 4) is 0 Å². The molecule has 0 aliphatic carbocycles. The van der Waals surface area contributed by atoms with Crippen LogP contribution in [0, 0.1) is 11.7 Å². The number of aryl methyl sites for hydroxylation is 1. The largest absolute Gasteiger partial charge is 0.417 e. The van der Waals surface area contributed by atoms with E-state index >= 15 is 0 Å². The van der Waals surface area contributed by atoms with E-state index in [1.807, 2.05) is 0 Å². The van der Waals surface area contributed by atoms with Crippen molar-refractivity contribution >= 4 is 23.3 Å². The molecule has 6 nitrogen and oxygen atoms in total. The molecular formula is C23H22ClF4N5O. The summed E-state index contributed by atoms with van der Waals surface area (Å²) >= 11 is 6.07. The Kier molecular flexibility index (Phi) is 6.79. The minimum absolute atomic E-state index is 0.0846. The Balaban J connectivity index is 1.45. The molecule has 4 rings (SSSR count). The number of halogens is 5. The third-order valence-corrected chi connectivity index (χ3v) is 6.18. The molecule has 1 aromatic carbocycles. The summed E-state index contributed by atoms with van der Waals surface area (Å²) in [6.45, 7) is 0.812. The van der Waals surface area contributed by atoms with E-state index in [0.29, 0.717) is 37.3 Å². The number of anilines is 1. The van der Waals surface area contributed by atoms with Crippen LogP contribution >= 0.6 is 11.6 Å². The number of hydrogen-bond acceptors (Lipinski definition) is 4. The number of benzene rings is 1. The number of carbonyl (C=O) groups is 1. The number of nitrogens with zero attached hydrogens (tertiary/aromatic N) is 4. The summed E-state index contributed by atoms with van der Waals surface area (Å²) in [6.07, 6.45) is 0.505. The molecule has 1 amide bonds. The van der Waals surface area contributed by atoms with Gasteiger partial charge in [0.25, 0.3) is 0 Å². The molecule has 1 fully saturated rings. The van der Waals surface area contributed by atoms with Gasteiger partial charge in [0.1, 0.15) is 23.5 Å². The standard InChI is InChI=1S/C23H22ClF4N5O/c1-32-10-7-29-21(32)19(15-3-2-4-17(25)11-15)31-22(34)14-5-8-33(9-6-14)20-18(24)12-16(13-30-20)23(26,27)28/h2-4,7,10-14,19H,5-6,8-9H2,1H3,(H,31,34). The maximum Gasteiger partial charge on any atom is 0.417 e. The van der Waals surface area contributed by atoms with Crippen LogP contribution in [0.5, 0.6) is 0 Å². The fourth-order valence-corrected chi connectivity index (χ4v) is 4.36. The average Bonchev–Trinajstić information content (AvgIpc) is 3.22. The molecule has 34 heavy (non-hydrogen) atoms. The van der Waals surface area contributed by atoms with Crippen molar-refractivity contribution in [3.63, 3.8) is 0 Å². The van der Waals surface area contributed by atoms with Crippen LogP contribution in [-0.4, -0.2) is 33.5 Å². The first-order valence-corrected chi connectivity index (χ1v) is 11.0. The Morgan fingerprint density at radius 3 is 2.53 bits per heavy atom. The number of imidazole rings is 1. The molecule has 0 spiro atoms. The third-order valence-electron chi connectivity index (χ3n) is 5.90. The van der Waals surface area contributed by atoms with Crippen molar-refractivity contribution in [3.05, 3.63) is 76.7 Å². The van der Waals surface area contributed by atoms with E-state index in [0.717, 1.165) is 12.3 Å². The molecule has 1 aliphatic heterocycles. The normalized spacial score (nSPS) is 15.9. The van der Waals surface area contributed by atoms with E-state index < -0.39 is 23.6 Å². The van der Waals surface area contributed by atoms with E-state index in [2.05, 4.69) is 15.3 Å². The molecule has 1 N–H and O–H groups in total. The van der Waals surface area contributed by atoms with Gasteiger partial charge in [-0.3, -0.25) is 4.79 Å². The summed E-state index contributed by atoms with van der Waals surface area (Å²) in [5.74, 6) is -0.124. The third kappa shape index (κ3) is 5.16. The van der Waals surface area contributed by atoms with Crippen molar-refractivity contribution in [1.29, 1.82) is 0 Å². The van der Waals surface area contributed by atoms with E-state index in [9.17, 15) is 22.4 Å².